The first-order chi connectivity index (χ1) is 10.8. The van der Waals surface area contributed by atoms with Crippen LogP contribution < -0.4 is 0 Å². The molecular formula is C17H16FNO3S. The molecule has 0 saturated carbocycles. The summed E-state index contributed by atoms with van der Waals surface area (Å²) in [6.45, 7) is 3.72. The van der Waals surface area contributed by atoms with E-state index in [4.69, 9.17) is 4.55 Å². The summed E-state index contributed by atoms with van der Waals surface area (Å²) in [4.78, 5) is 4.00. The summed E-state index contributed by atoms with van der Waals surface area (Å²) in [7, 11) is -4.02. The molecule has 1 N–H and O–H groups in total. The van der Waals surface area contributed by atoms with Crippen molar-refractivity contribution in [1.29, 1.82) is 0 Å². The van der Waals surface area contributed by atoms with Crippen LogP contribution in [0.4, 0.5) is 4.39 Å². The van der Waals surface area contributed by atoms with E-state index in [1.165, 1.54) is 18.2 Å². The lowest BCUT2D eigenvalue weighted by atomic mass is 10.1. The molecule has 3 rings (SSSR count). The Balaban J connectivity index is 0.000000168. The molecule has 0 radical (unpaired) electrons. The van der Waals surface area contributed by atoms with Crippen LogP contribution in [-0.2, 0) is 10.1 Å². The number of nitrogens with zero attached hydrogens (tertiary/aromatic N) is 1. The molecule has 0 aliphatic rings. The maximum atomic E-state index is 13.2. The molecule has 0 atom stereocenters. The lowest BCUT2D eigenvalue weighted by Crippen LogP contribution is -1.96. The molecule has 120 valence electrons. The smallest absolute Gasteiger partial charge is 0.282 e. The number of aromatic nitrogens is 1. The van der Waals surface area contributed by atoms with Gasteiger partial charge in [0.15, 0.2) is 0 Å². The van der Waals surface area contributed by atoms with Crippen molar-refractivity contribution >= 4 is 21.0 Å². The van der Waals surface area contributed by atoms with Gasteiger partial charge in [0.05, 0.1) is 10.4 Å². The van der Waals surface area contributed by atoms with E-state index in [-0.39, 0.29) is 10.7 Å². The summed E-state index contributed by atoms with van der Waals surface area (Å²) >= 11 is 0. The second-order valence-corrected chi connectivity index (χ2v) is 6.47. The average Bonchev–Trinajstić information content (AvgIpc) is 2.48. The van der Waals surface area contributed by atoms with Crippen LogP contribution in [0, 0.1) is 19.7 Å². The van der Waals surface area contributed by atoms with Crippen LogP contribution >= 0.6 is 0 Å². The van der Waals surface area contributed by atoms with E-state index in [1.54, 1.807) is 24.4 Å². The standard InChI is InChI=1S/C10H8FN.C7H8O3S/c1-7-5-6-12-9-4-2-3-8(11)10(7)9;1-6-2-4-7(5-3-6)11(8,9)10/h2-6H,1H3;2-5H,1H3,(H,8,9,10). The summed E-state index contributed by atoms with van der Waals surface area (Å²) in [5, 5.41) is 0.625. The van der Waals surface area contributed by atoms with Crippen molar-refractivity contribution in [2.45, 2.75) is 18.7 Å². The van der Waals surface area contributed by atoms with Crippen molar-refractivity contribution in [3.05, 3.63) is 71.7 Å². The van der Waals surface area contributed by atoms with Crippen LogP contribution in [0.1, 0.15) is 11.1 Å². The Hall–Kier alpha value is -2.31. The third kappa shape index (κ3) is 4.34. The van der Waals surface area contributed by atoms with Gasteiger partial charge in [0.2, 0.25) is 0 Å². The lowest BCUT2D eigenvalue weighted by molar-refractivity contribution is 0.483. The monoisotopic (exact) mass is 333 g/mol. The summed E-state index contributed by atoms with van der Waals surface area (Å²) in [6, 6.07) is 12.7. The fourth-order valence-corrected chi connectivity index (χ4v) is 2.51. The van der Waals surface area contributed by atoms with Gasteiger partial charge in [0.1, 0.15) is 5.82 Å². The number of rotatable bonds is 1. The molecule has 0 amide bonds. The van der Waals surface area contributed by atoms with E-state index in [9.17, 15) is 12.8 Å². The zero-order valence-corrected chi connectivity index (χ0v) is 13.5. The van der Waals surface area contributed by atoms with Crippen LogP contribution in [0.5, 0.6) is 0 Å². The Morgan fingerprint density at radius 2 is 1.65 bits per heavy atom. The molecule has 0 spiro atoms. The van der Waals surface area contributed by atoms with Gasteiger partial charge in [-0.05, 0) is 49.7 Å². The number of fused-ring (bicyclic) bond motifs is 1. The van der Waals surface area contributed by atoms with Crippen molar-refractivity contribution in [1.82, 2.24) is 4.98 Å². The first-order valence-electron chi connectivity index (χ1n) is 6.83. The molecule has 0 aliphatic carbocycles. The number of hydrogen-bond acceptors (Lipinski definition) is 3. The predicted octanol–water partition coefficient (Wildman–Crippen LogP) is 3.92. The van der Waals surface area contributed by atoms with Crippen molar-refractivity contribution in [3.8, 4) is 0 Å². The van der Waals surface area contributed by atoms with Gasteiger partial charge < -0.3 is 0 Å². The van der Waals surface area contributed by atoms with Gasteiger partial charge in [-0.15, -0.1) is 0 Å². The van der Waals surface area contributed by atoms with Crippen LogP contribution in [0.2, 0.25) is 0 Å². The van der Waals surface area contributed by atoms with E-state index < -0.39 is 10.1 Å². The Kier molecular flexibility index (Phi) is 5.08. The van der Waals surface area contributed by atoms with Crippen LogP contribution in [0.15, 0.2) is 59.6 Å². The van der Waals surface area contributed by atoms with Gasteiger partial charge in [-0.2, -0.15) is 8.42 Å². The first-order valence-corrected chi connectivity index (χ1v) is 8.27. The largest absolute Gasteiger partial charge is 0.294 e. The molecule has 6 heteroatoms. The second-order valence-electron chi connectivity index (χ2n) is 5.05. The van der Waals surface area contributed by atoms with E-state index >= 15 is 0 Å². The third-order valence-corrected chi connectivity index (χ3v) is 4.11. The number of pyridine rings is 1. The van der Waals surface area contributed by atoms with Gasteiger partial charge in [-0.3, -0.25) is 9.54 Å². The van der Waals surface area contributed by atoms with Gasteiger partial charge in [0.25, 0.3) is 10.1 Å². The summed E-state index contributed by atoms with van der Waals surface area (Å²) in [5.74, 6) is -0.196. The van der Waals surface area contributed by atoms with Crippen molar-refractivity contribution in [2.24, 2.45) is 0 Å². The molecule has 1 aromatic heterocycles. The normalized spacial score (nSPS) is 11.0. The highest BCUT2D eigenvalue weighted by molar-refractivity contribution is 7.85. The van der Waals surface area contributed by atoms with Gasteiger partial charge in [0, 0.05) is 11.6 Å². The minimum atomic E-state index is -4.02. The first kappa shape index (κ1) is 17.1. The third-order valence-electron chi connectivity index (χ3n) is 3.24. The number of halogens is 1. The van der Waals surface area contributed by atoms with Gasteiger partial charge in [-0.1, -0.05) is 23.8 Å². The molecule has 0 aliphatic heterocycles. The summed E-state index contributed by atoms with van der Waals surface area (Å²) in [5.41, 5.74) is 2.60. The fourth-order valence-electron chi connectivity index (χ4n) is 2.03. The van der Waals surface area contributed by atoms with E-state index in [2.05, 4.69) is 4.98 Å². The number of benzene rings is 2. The SMILES string of the molecule is Cc1ccc(S(=O)(=O)O)cc1.Cc1ccnc2cccc(F)c12. The molecule has 0 bridgehead atoms. The summed E-state index contributed by atoms with van der Waals surface area (Å²) < 4.78 is 42.8. The van der Waals surface area contributed by atoms with Gasteiger partial charge in [-0.25, -0.2) is 4.39 Å². The van der Waals surface area contributed by atoms with E-state index in [1.807, 2.05) is 26.0 Å². The molecule has 1 heterocycles. The maximum absolute atomic E-state index is 13.2. The van der Waals surface area contributed by atoms with Crippen molar-refractivity contribution in [3.63, 3.8) is 0 Å². The Morgan fingerprint density at radius 3 is 2.22 bits per heavy atom. The Morgan fingerprint density at radius 1 is 1.00 bits per heavy atom. The van der Waals surface area contributed by atoms with Crippen LogP contribution in [-0.4, -0.2) is 18.0 Å². The minimum Gasteiger partial charge on any atom is -0.282 e. The molecule has 23 heavy (non-hydrogen) atoms. The highest BCUT2D eigenvalue weighted by atomic mass is 32.2. The Labute approximate surface area is 134 Å². The highest BCUT2D eigenvalue weighted by Crippen LogP contribution is 2.18. The van der Waals surface area contributed by atoms with Crippen molar-refractivity contribution in [2.75, 3.05) is 0 Å². The van der Waals surface area contributed by atoms with E-state index in [0.29, 0.717) is 5.39 Å². The average molecular weight is 333 g/mol. The molecule has 0 unspecified atom stereocenters. The van der Waals surface area contributed by atoms with Gasteiger partial charge >= 0.3 is 0 Å². The second kappa shape index (κ2) is 6.85. The maximum Gasteiger partial charge on any atom is 0.294 e. The minimum absolute atomic E-state index is 0.0666. The quantitative estimate of drug-likeness (QED) is 0.685. The molecular weight excluding hydrogens is 317 g/mol. The van der Waals surface area contributed by atoms with Crippen LogP contribution in [0.25, 0.3) is 10.9 Å². The number of aryl methyl sites for hydroxylation is 2. The van der Waals surface area contributed by atoms with Crippen LogP contribution in [0.3, 0.4) is 0 Å². The zero-order chi connectivity index (χ0) is 17.0. The zero-order valence-electron chi connectivity index (χ0n) is 12.7. The molecule has 3 aromatic rings. The number of hydrogen-bond donors (Lipinski definition) is 1. The predicted molar refractivity (Wildman–Crippen MR) is 87.4 cm³/mol. The lowest BCUT2D eigenvalue weighted by Gasteiger charge is -2.00. The molecule has 0 saturated heterocycles. The Bertz CT molecular complexity index is 885. The fraction of sp³-hybridized carbons (Fsp3) is 0.118. The summed E-state index contributed by atoms with van der Waals surface area (Å²) in [6.07, 6.45) is 1.69. The topological polar surface area (TPSA) is 67.3 Å². The highest BCUT2D eigenvalue weighted by Gasteiger charge is 2.06. The molecule has 0 fully saturated rings. The van der Waals surface area contributed by atoms with Crippen molar-refractivity contribution < 1.29 is 17.4 Å². The molecule has 2 aromatic carbocycles. The molecule has 4 nitrogen and oxygen atoms in total. The van der Waals surface area contributed by atoms with E-state index in [0.717, 1.165) is 16.6 Å².